The molecule has 0 aliphatic rings. The monoisotopic (exact) mass is 264 g/mol. The van der Waals surface area contributed by atoms with Crippen LogP contribution in [0.1, 0.15) is 22.1 Å². The zero-order valence-corrected chi connectivity index (χ0v) is 11.5. The van der Waals surface area contributed by atoms with Crippen LogP contribution in [0.15, 0.2) is 29.6 Å². The standard InChI is InChI=1S/C14H16O3S/c1-9-7-10(8-18-9)14(15)13-11(16-2)5-4-6-12(13)17-3/h4-8,14-15H,1-3H3. The molecule has 0 amide bonds. The number of aliphatic hydroxyl groups is 1. The maximum Gasteiger partial charge on any atom is 0.128 e. The van der Waals surface area contributed by atoms with Gasteiger partial charge < -0.3 is 14.6 Å². The number of aryl methyl sites for hydroxylation is 1. The van der Waals surface area contributed by atoms with Gasteiger partial charge in [0.15, 0.2) is 0 Å². The second-order valence-corrected chi connectivity index (χ2v) is 5.08. The first kappa shape index (κ1) is 12.9. The first-order valence-corrected chi connectivity index (χ1v) is 6.49. The molecule has 0 radical (unpaired) electrons. The molecule has 18 heavy (non-hydrogen) atoms. The van der Waals surface area contributed by atoms with E-state index < -0.39 is 6.10 Å². The third-order valence-corrected chi connectivity index (χ3v) is 3.69. The summed E-state index contributed by atoms with van der Waals surface area (Å²) in [5.74, 6) is 1.26. The minimum Gasteiger partial charge on any atom is -0.496 e. The van der Waals surface area contributed by atoms with Crippen molar-refractivity contribution in [3.05, 3.63) is 45.6 Å². The minimum atomic E-state index is -0.735. The second kappa shape index (κ2) is 5.42. The predicted molar refractivity (Wildman–Crippen MR) is 72.7 cm³/mol. The van der Waals surface area contributed by atoms with Crippen LogP contribution in [0.3, 0.4) is 0 Å². The molecular weight excluding hydrogens is 248 g/mol. The Kier molecular flexibility index (Phi) is 3.89. The van der Waals surface area contributed by atoms with Crippen molar-refractivity contribution in [3.63, 3.8) is 0 Å². The average molecular weight is 264 g/mol. The Hall–Kier alpha value is -1.52. The number of hydrogen-bond acceptors (Lipinski definition) is 4. The number of ether oxygens (including phenoxy) is 2. The van der Waals surface area contributed by atoms with Gasteiger partial charge in [-0.3, -0.25) is 0 Å². The largest absolute Gasteiger partial charge is 0.496 e. The van der Waals surface area contributed by atoms with Crippen molar-refractivity contribution in [2.24, 2.45) is 0 Å². The van der Waals surface area contributed by atoms with Crippen LogP contribution in [0.25, 0.3) is 0 Å². The van der Waals surface area contributed by atoms with Gasteiger partial charge in [-0.25, -0.2) is 0 Å². The fourth-order valence-corrected chi connectivity index (χ4v) is 2.65. The predicted octanol–water partition coefficient (Wildman–Crippen LogP) is 3.16. The maximum atomic E-state index is 10.5. The van der Waals surface area contributed by atoms with Gasteiger partial charge in [-0.05, 0) is 36.1 Å². The molecule has 1 atom stereocenters. The Labute approximate surface area is 111 Å². The Morgan fingerprint density at radius 2 is 1.78 bits per heavy atom. The molecule has 1 heterocycles. The van der Waals surface area contributed by atoms with Crippen LogP contribution >= 0.6 is 11.3 Å². The lowest BCUT2D eigenvalue weighted by atomic mass is 10.0. The van der Waals surface area contributed by atoms with E-state index in [1.54, 1.807) is 25.6 Å². The Morgan fingerprint density at radius 1 is 1.17 bits per heavy atom. The van der Waals surface area contributed by atoms with Crippen LogP contribution in [0.4, 0.5) is 0 Å². The fraction of sp³-hybridized carbons (Fsp3) is 0.286. The summed E-state index contributed by atoms with van der Waals surface area (Å²) in [6.45, 7) is 2.01. The van der Waals surface area contributed by atoms with Crippen molar-refractivity contribution in [3.8, 4) is 11.5 Å². The molecule has 1 unspecified atom stereocenters. The highest BCUT2D eigenvalue weighted by Gasteiger charge is 2.21. The molecule has 0 saturated heterocycles. The molecule has 96 valence electrons. The SMILES string of the molecule is COc1cccc(OC)c1C(O)c1csc(C)c1. The molecule has 2 rings (SSSR count). The third-order valence-electron chi connectivity index (χ3n) is 2.81. The fourth-order valence-electron chi connectivity index (χ4n) is 1.92. The summed E-state index contributed by atoms with van der Waals surface area (Å²) in [5, 5.41) is 12.4. The van der Waals surface area contributed by atoms with Crippen molar-refractivity contribution < 1.29 is 14.6 Å². The maximum absolute atomic E-state index is 10.5. The molecule has 0 saturated carbocycles. The van der Waals surface area contributed by atoms with E-state index in [1.807, 2.05) is 36.6 Å². The molecule has 0 fully saturated rings. The van der Waals surface area contributed by atoms with Crippen molar-refractivity contribution in [1.82, 2.24) is 0 Å². The van der Waals surface area contributed by atoms with Gasteiger partial charge in [0.25, 0.3) is 0 Å². The lowest BCUT2D eigenvalue weighted by molar-refractivity contribution is 0.209. The molecule has 0 aliphatic heterocycles. The quantitative estimate of drug-likeness (QED) is 0.922. The highest BCUT2D eigenvalue weighted by atomic mass is 32.1. The van der Waals surface area contributed by atoms with Gasteiger partial charge in [-0.15, -0.1) is 11.3 Å². The highest BCUT2D eigenvalue weighted by Crippen LogP contribution is 2.38. The van der Waals surface area contributed by atoms with E-state index >= 15 is 0 Å². The summed E-state index contributed by atoms with van der Waals surface area (Å²) in [6.07, 6.45) is -0.735. The van der Waals surface area contributed by atoms with Crippen LogP contribution in [0.5, 0.6) is 11.5 Å². The van der Waals surface area contributed by atoms with E-state index in [2.05, 4.69) is 0 Å². The van der Waals surface area contributed by atoms with Crippen LogP contribution in [-0.4, -0.2) is 19.3 Å². The Morgan fingerprint density at radius 3 is 2.22 bits per heavy atom. The molecule has 0 bridgehead atoms. The van der Waals surface area contributed by atoms with E-state index in [0.29, 0.717) is 17.1 Å². The number of methoxy groups -OCH3 is 2. The summed E-state index contributed by atoms with van der Waals surface area (Å²) in [6, 6.07) is 7.45. The molecule has 1 aromatic heterocycles. The molecule has 0 spiro atoms. The van der Waals surface area contributed by atoms with Gasteiger partial charge in [0.1, 0.15) is 17.6 Å². The first-order chi connectivity index (χ1) is 8.67. The van der Waals surface area contributed by atoms with Crippen molar-refractivity contribution in [2.75, 3.05) is 14.2 Å². The lowest BCUT2D eigenvalue weighted by Crippen LogP contribution is -2.04. The number of rotatable bonds is 4. The zero-order valence-electron chi connectivity index (χ0n) is 10.6. The molecule has 0 aliphatic carbocycles. The highest BCUT2D eigenvalue weighted by molar-refractivity contribution is 7.10. The molecule has 1 aromatic carbocycles. The summed E-state index contributed by atoms with van der Waals surface area (Å²) >= 11 is 1.61. The summed E-state index contributed by atoms with van der Waals surface area (Å²) < 4.78 is 10.6. The molecule has 2 aromatic rings. The van der Waals surface area contributed by atoms with Crippen LogP contribution in [0, 0.1) is 6.92 Å². The number of benzene rings is 1. The van der Waals surface area contributed by atoms with Gasteiger partial charge in [0.05, 0.1) is 19.8 Å². The van der Waals surface area contributed by atoms with Gasteiger partial charge in [-0.1, -0.05) is 6.07 Å². The van der Waals surface area contributed by atoms with Crippen LogP contribution in [0.2, 0.25) is 0 Å². The summed E-state index contributed by atoms with van der Waals surface area (Å²) in [5.41, 5.74) is 1.53. The number of thiophene rings is 1. The summed E-state index contributed by atoms with van der Waals surface area (Å²) in [4.78, 5) is 1.16. The smallest absolute Gasteiger partial charge is 0.128 e. The minimum absolute atomic E-state index is 0.630. The number of aliphatic hydroxyl groups excluding tert-OH is 1. The molecular formula is C14H16O3S. The van der Waals surface area contributed by atoms with Crippen molar-refractivity contribution >= 4 is 11.3 Å². The van der Waals surface area contributed by atoms with Crippen LogP contribution < -0.4 is 9.47 Å². The third kappa shape index (κ3) is 2.35. The molecule has 1 N–H and O–H groups in total. The first-order valence-electron chi connectivity index (χ1n) is 5.61. The average Bonchev–Trinajstić information content (AvgIpc) is 2.83. The molecule has 4 heteroatoms. The Balaban J connectivity index is 2.48. The molecule has 3 nitrogen and oxygen atoms in total. The van der Waals surface area contributed by atoms with Gasteiger partial charge >= 0.3 is 0 Å². The topological polar surface area (TPSA) is 38.7 Å². The van der Waals surface area contributed by atoms with Gasteiger partial charge in [0.2, 0.25) is 0 Å². The number of hydrogen-bond donors (Lipinski definition) is 1. The van der Waals surface area contributed by atoms with E-state index in [4.69, 9.17) is 9.47 Å². The normalized spacial score (nSPS) is 12.2. The van der Waals surface area contributed by atoms with E-state index in [0.717, 1.165) is 10.4 Å². The van der Waals surface area contributed by atoms with Gasteiger partial charge in [0, 0.05) is 4.88 Å². The second-order valence-electron chi connectivity index (χ2n) is 3.97. The van der Waals surface area contributed by atoms with Crippen molar-refractivity contribution in [1.29, 1.82) is 0 Å². The van der Waals surface area contributed by atoms with E-state index in [-0.39, 0.29) is 0 Å². The van der Waals surface area contributed by atoms with Gasteiger partial charge in [-0.2, -0.15) is 0 Å². The Bertz CT molecular complexity index is 511. The van der Waals surface area contributed by atoms with Crippen molar-refractivity contribution in [2.45, 2.75) is 13.0 Å². The zero-order chi connectivity index (χ0) is 13.1. The lowest BCUT2D eigenvalue weighted by Gasteiger charge is -2.17. The summed E-state index contributed by atoms with van der Waals surface area (Å²) in [7, 11) is 3.17. The van der Waals surface area contributed by atoms with Crippen LogP contribution in [-0.2, 0) is 0 Å². The van der Waals surface area contributed by atoms with E-state index in [9.17, 15) is 5.11 Å². The van der Waals surface area contributed by atoms with E-state index in [1.165, 1.54) is 0 Å².